The standard InChI is InChI=1S/C32H36N8O2/c1-16-27(17(2)37-36-16)22-9-7-19-12-25(39(30(19)34-22)14-18-5-6-18)31-35-23-11-21(13-26(42-4)29(23)38(31)3)32(41)40-15-20-8-10-24(40)28(20)33/h7,9,11-13,18,20,24,28H,5-6,8,10,14-15,33H2,1-4H3,(H,36,37)/t20-,24-,28-/m1/s1. The summed E-state index contributed by atoms with van der Waals surface area (Å²) in [6.45, 7) is 5.66. The van der Waals surface area contributed by atoms with Crippen LogP contribution in [-0.2, 0) is 13.6 Å². The van der Waals surface area contributed by atoms with Crippen LogP contribution < -0.4 is 10.5 Å². The average Bonchev–Trinajstić information content (AvgIpc) is 3.17. The minimum atomic E-state index is 0.00876. The third-order valence-corrected chi connectivity index (χ3v) is 9.81. The van der Waals surface area contributed by atoms with E-state index in [1.165, 1.54) is 12.8 Å². The molecule has 5 aromatic rings. The van der Waals surface area contributed by atoms with Crippen LogP contribution in [0.5, 0.6) is 5.75 Å². The number of aromatic nitrogens is 6. The van der Waals surface area contributed by atoms with Crippen molar-refractivity contribution in [1.82, 2.24) is 34.2 Å². The molecule has 1 saturated heterocycles. The van der Waals surface area contributed by atoms with Gasteiger partial charge in [0.15, 0.2) is 5.82 Å². The van der Waals surface area contributed by atoms with Crippen LogP contribution in [0.4, 0.5) is 0 Å². The average molecular weight is 565 g/mol. The first-order valence-corrected chi connectivity index (χ1v) is 15.0. The minimum absolute atomic E-state index is 0.00876. The van der Waals surface area contributed by atoms with Gasteiger partial charge in [-0.3, -0.25) is 9.89 Å². The molecule has 8 rings (SSSR count). The van der Waals surface area contributed by atoms with Gasteiger partial charge in [0.25, 0.3) is 5.91 Å². The van der Waals surface area contributed by atoms with Gasteiger partial charge >= 0.3 is 0 Å². The highest BCUT2D eigenvalue weighted by atomic mass is 16.5. The largest absolute Gasteiger partial charge is 0.494 e. The number of pyridine rings is 1. The summed E-state index contributed by atoms with van der Waals surface area (Å²) in [5.74, 6) is 2.51. The van der Waals surface area contributed by atoms with Gasteiger partial charge in [-0.25, -0.2) is 9.97 Å². The number of nitrogens with zero attached hydrogens (tertiary/aromatic N) is 6. The topological polar surface area (TPSA) is 120 Å². The van der Waals surface area contributed by atoms with E-state index < -0.39 is 0 Å². The fraction of sp³-hybridized carbons (Fsp3) is 0.438. The molecule has 0 radical (unpaired) electrons. The van der Waals surface area contributed by atoms with Gasteiger partial charge in [-0.2, -0.15) is 5.10 Å². The Morgan fingerprint density at radius 3 is 2.62 bits per heavy atom. The zero-order chi connectivity index (χ0) is 28.9. The number of amides is 1. The number of hydrogen-bond donors (Lipinski definition) is 2. The summed E-state index contributed by atoms with van der Waals surface area (Å²) >= 11 is 0. The third-order valence-electron chi connectivity index (χ3n) is 9.81. The van der Waals surface area contributed by atoms with Gasteiger partial charge in [0.2, 0.25) is 0 Å². The number of benzene rings is 1. The van der Waals surface area contributed by atoms with Crippen LogP contribution in [0.3, 0.4) is 0 Å². The molecule has 2 aliphatic carbocycles. The summed E-state index contributed by atoms with van der Waals surface area (Å²) in [4.78, 5) is 26.0. The Morgan fingerprint density at radius 1 is 1.12 bits per heavy atom. The zero-order valence-corrected chi connectivity index (χ0v) is 24.5. The van der Waals surface area contributed by atoms with Crippen molar-refractivity contribution < 1.29 is 9.53 Å². The van der Waals surface area contributed by atoms with Crippen LogP contribution in [0.25, 0.3) is 44.8 Å². The number of carbonyl (C=O) groups is 1. The van der Waals surface area contributed by atoms with E-state index in [2.05, 4.69) is 37.5 Å². The molecule has 1 amide bonds. The Kier molecular flexibility index (Phi) is 5.57. The molecule has 3 atom stereocenters. The molecule has 0 spiro atoms. The number of ether oxygens (including phenoxy) is 1. The Hall–Kier alpha value is -4.18. The van der Waals surface area contributed by atoms with E-state index in [-0.39, 0.29) is 18.0 Å². The number of nitrogens with two attached hydrogens (primary N) is 1. The third kappa shape index (κ3) is 3.74. The highest BCUT2D eigenvalue weighted by molar-refractivity contribution is 6.00. The quantitative estimate of drug-likeness (QED) is 0.312. The van der Waals surface area contributed by atoms with E-state index in [1.807, 2.05) is 37.9 Å². The first-order chi connectivity index (χ1) is 20.3. The molecule has 2 bridgehead atoms. The number of imidazole rings is 1. The van der Waals surface area contributed by atoms with E-state index >= 15 is 0 Å². The van der Waals surface area contributed by atoms with E-state index in [0.717, 1.165) is 82.2 Å². The molecule has 2 saturated carbocycles. The lowest BCUT2D eigenvalue weighted by Crippen LogP contribution is -2.41. The second-order valence-corrected chi connectivity index (χ2v) is 12.5. The van der Waals surface area contributed by atoms with Gasteiger partial charge in [-0.1, -0.05) is 0 Å². The van der Waals surface area contributed by atoms with Gasteiger partial charge in [0.1, 0.15) is 16.9 Å². The number of hydrogen-bond acceptors (Lipinski definition) is 6. The molecule has 1 aliphatic heterocycles. The molecule has 10 heteroatoms. The van der Waals surface area contributed by atoms with Crippen LogP contribution >= 0.6 is 0 Å². The number of methoxy groups -OCH3 is 1. The summed E-state index contributed by atoms with van der Waals surface area (Å²) in [5, 5.41) is 8.55. The summed E-state index contributed by atoms with van der Waals surface area (Å²) in [6.07, 6.45) is 4.53. The van der Waals surface area contributed by atoms with Crippen molar-refractivity contribution in [3.05, 3.63) is 47.3 Å². The lowest BCUT2D eigenvalue weighted by atomic mass is 10.1. The lowest BCUT2D eigenvalue weighted by molar-refractivity contribution is 0.0700. The Bertz CT molecular complexity index is 1870. The van der Waals surface area contributed by atoms with Crippen molar-refractivity contribution in [2.24, 2.45) is 24.6 Å². The zero-order valence-electron chi connectivity index (χ0n) is 24.5. The molecule has 4 aromatic heterocycles. The van der Waals surface area contributed by atoms with Crippen molar-refractivity contribution >= 4 is 28.0 Å². The lowest BCUT2D eigenvalue weighted by Gasteiger charge is -2.27. The number of likely N-dealkylation sites (tertiary alicyclic amines) is 1. The number of carbonyl (C=O) groups excluding carboxylic acids is 1. The van der Waals surface area contributed by atoms with E-state index in [1.54, 1.807) is 7.11 Å². The predicted octanol–water partition coefficient (Wildman–Crippen LogP) is 4.58. The van der Waals surface area contributed by atoms with E-state index in [9.17, 15) is 4.79 Å². The van der Waals surface area contributed by atoms with Gasteiger partial charge in [0.05, 0.1) is 29.7 Å². The Balaban J connectivity index is 1.25. The van der Waals surface area contributed by atoms with Crippen molar-refractivity contribution in [3.8, 4) is 28.5 Å². The molecule has 3 N–H and O–H groups in total. The number of rotatable bonds is 6. The SMILES string of the molecule is COc1cc(C(=O)N2C[C@H]3CC[C@@H]2[C@@H]3N)cc2nc(-c3cc4ccc(-c5c(C)n[nH]c5C)nc4n3CC3CC3)n(C)c12. The van der Waals surface area contributed by atoms with Crippen LogP contribution in [-0.4, -0.2) is 65.8 Å². The van der Waals surface area contributed by atoms with Crippen molar-refractivity contribution in [2.45, 2.75) is 58.2 Å². The molecule has 216 valence electrons. The molecular formula is C32H36N8O2. The molecule has 10 nitrogen and oxygen atoms in total. The van der Waals surface area contributed by atoms with Gasteiger partial charge in [-0.05, 0) is 81.7 Å². The first kappa shape index (κ1) is 25.5. The Labute approximate surface area is 243 Å². The number of aromatic amines is 1. The molecule has 3 fully saturated rings. The van der Waals surface area contributed by atoms with Crippen molar-refractivity contribution in [1.29, 1.82) is 0 Å². The minimum Gasteiger partial charge on any atom is -0.494 e. The normalized spacial score (nSPS) is 21.7. The van der Waals surface area contributed by atoms with Gasteiger partial charge in [-0.15, -0.1) is 0 Å². The van der Waals surface area contributed by atoms with Crippen LogP contribution in [0.1, 0.15) is 47.4 Å². The van der Waals surface area contributed by atoms with Crippen molar-refractivity contribution in [2.75, 3.05) is 13.7 Å². The summed E-state index contributed by atoms with van der Waals surface area (Å²) < 4.78 is 10.3. The maximum atomic E-state index is 13.7. The molecular weight excluding hydrogens is 528 g/mol. The maximum Gasteiger partial charge on any atom is 0.254 e. The molecule has 42 heavy (non-hydrogen) atoms. The van der Waals surface area contributed by atoms with Crippen LogP contribution in [0.15, 0.2) is 30.3 Å². The highest BCUT2D eigenvalue weighted by Gasteiger charge is 2.47. The summed E-state index contributed by atoms with van der Waals surface area (Å²) in [5.41, 5.74) is 14.5. The van der Waals surface area contributed by atoms with Gasteiger partial charge in [0, 0.05) is 54.4 Å². The fourth-order valence-electron chi connectivity index (χ4n) is 7.39. The number of piperidine rings is 1. The molecule has 1 aromatic carbocycles. The molecule has 3 aliphatic rings. The molecule has 5 heterocycles. The van der Waals surface area contributed by atoms with Crippen LogP contribution in [0, 0.1) is 25.7 Å². The number of H-pyrrole nitrogens is 1. The van der Waals surface area contributed by atoms with Crippen molar-refractivity contribution in [3.63, 3.8) is 0 Å². The Morgan fingerprint density at radius 2 is 1.95 bits per heavy atom. The van der Waals surface area contributed by atoms with Crippen LogP contribution in [0.2, 0.25) is 0 Å². The first-order valence-electron chi connectivity index (χ1n) is 15.0. The highest BCUT2D eigenvalue weighted by Crippen LogP contribution is 2.40. The summed E-state index contributed by atoms with van der Waals surface area (Å²) in [6, 6.07) is 10.4. The molecule has 0 unspecified atom stereocenters. The maximum absolute atomic E-state index is 13.7. The number of nitrogens with one attached hydrogen (secondary N) is 1. The second-order valence-electron chi connectivity index (χ2n) is 12.5. The van der Waals surface area contributed by atoms with E-state index in [4.69, 9.17) is 20.4 Å². The summed E-state index contributed by atoms with van der Waals surface area (Å²) in [7, 11) is 3.67. The predicted molar refractivity (Wildman–Crippen MR) is 161 cm³/mol. The fourth-order valence-corrected chi connectivity index (χ4v) is 7.39. The second kappa shape index (κ2) is 9.16. The monoisotopic (exact) mass is 564 g/mol. The van der Waals surface area contributed by atoms with E-state index in [0.29, 0.717) is 23.1 Å². The van der Waals surface area contributed by atoms with Gasteiger partial charge < -0.3 is 24.5 Å². The number of aryl methyl sites for hydroxylation is 3. The smallest absolute Gasteiger partial charge is 0.254 e. The number of fused-ring (bicyclic) bond motifs is 4.